The summed E-state index contributed by atoms with van der Waals surface area (Å²) < 4.78 is 7.68. The number of aliphatic imine (C=N–C) groups is 1. The van der Waals surface area contributed by atoms with Crippen LogP contribution in [0, 0.1) is 0 Å². The molecule has 8 nitrogen and oxygen atoms in total. The fourth-order valence-corrected chi connectivity index (χ4v) is 4.00. The first-order valence-corrected chi connectivity index (χ1v) is 10.9. The van der Waals surface area contributed by atoms with Crippen LogP contribution in [0.4, 0.5) is 5.69 Å². The number of rotatable bonds is 6. The molecule has 0 atom stereocenters. The van der Waals surface area contributed by atoms with E-state index in [1.165, 1.54) is 18.1 Å². The van der Waals surface area contributed by atoms with Crippen molar-refractivity contribution in [2.45, 2.75) is 6.61 Å². The second-order valence-electron chi connectivity index (χ2n) is 7.07. The molecule has 2 heterocycles. The first-order valence-electron chi connectivity index (χ1n) is 10.1. The van der Waals surface area contributed by atoms with E-state index in [2.05, 4.69) is 25.8 Å². The van der Waals surface area contributed by atoms with E-state index in [0.29, 0.717) is 22.4 Å². The highest BCUT2D eigenvalue weighted by Gasteiger charge is 2.24. The van der Waals surface area contributed by atoms with E-state index in [-0.39, 0.29) is 5.91 Å². The summed E-state index contributed by atoms with van der Waals surface area (Å²) in [5, 5.41) is 14.7. The van der Waals surface area contributed by atoms with Crippen LogP contribution in [0.15, 0.2) is 95.1 Å². The van der Waals surface area contributed by atoms with Crippen LogP contribution in [-0.4, -0.2) is 31.3 Å². The molecule has 1 aliphatic rings. The first kappa shape index (κ1) is 20.7. The van der Waals surface area contributed by atoms with E-state index in [4.69, 9.17) is 4.74 Å². The lowest BCUT2D eigenvalue weighted by Crippen LogP contribution is -2.19. The molecule has 9 heteroatoms. The first-order chi connectivity index (χ1) is 16.2. The predicted molar refractivity (Wildman–Crippen MR) is 127 cm³/mol. The molecule has 0 saturated carbocycles. The molecule has 1 N–H and O–H groups in total. The molecule has 3 aromatic carbocycles. The number of amidine groups is 1. The standard InChI is InChI=1S/C24H18N6O2S/c31-23-22(33-24(27-23)26-19-9-5-2-6-10-19)13-18-11-12-20(30-16-25-28-29-30)14-21(18)32-15-17-7-3-1-4-8-17/h1-14,16H,15H2,(H,26,27,31)/b22-13+. The number of carbonyl (C=O) groups is 1. The summed E-state index contributed by atoms with van der Waals surface area (Å²) >= 11 is 1.29. The maximum Gasteiger partial charge on any atom is 0.264 e. The molecule has 0 spiro atoms. The van der Waals surface area contributed by atoms with E-state index in [1.54, 1.807) is 10.8 Å². The monoisotopic (exact) mass is 454 g/mol. The van der Waals surface area contributed by atoms with E-state index < -0.39 is 0 Å². The molecular weight excluding hydrogens is 436 g/mol. The Balaban J connectivity index is 1.44. The largest absolute Gasteiger partial charge is 0.488 e. The summed E-state index contributed by atoms with van der Waals surface area (Å²) in [4.78, 5) is 17.6. The minimum atomic E-state index is -0.201. The van der Waals surface area contributed by atoms with Crippen LogP contribution < -0.4 is 10.1 Å². The summed E-state index contributed by atoms with van der Waals surface area (Å²) in [5.74, 6) is 0.412. The highest BCUT2D eigenvalue weighted by molar-refractivity contribution is 8.18. The Morgan fingerprint density at radius 2 is 1.82 bits per heavy atom. The smallest absolute Gasteiger partial charge is 0.264 e. The molecular formula is C24H18N6O2S. The normalized spacial score (nSPS) is 15.7. The molecule has 33 heavy (non-hydrogen) atoms. The van der Waals surface area contributed by atoms with Crippen LogP contribution >= 0.6 is 11.8 Å². The van der Waals surface area contributed by atoms with Crippen molar-refractivity contribution in [3.05, 3.63) is 101 Å². The lowest BCUT2D eigenvalue weighted by Gasteiger charge is -2.12. The molecule has 1 amide bonds. The van der Waals surface area contributed by atoms with Crippen molar-refractivity contribution < 1.29 is 9.53 Å². The fraction of sp³-hybridized carbons (Fsp3) is 0.0417. The maximum atomic E-state index is 12.6. The van der Waals surface area contributed by atoms with Gasteiger partial charge in [0.05, 0.1) is 16.3 Å². The van der Waals surface area contributed by atoms with Gasteiger partial charge < -0.3 is 10.1 Å². The molecule has 1 aliphatic heterocycles. The number of nitrogens with one attached hydrogen (secondary N) is 1. The zero-order valence-corrected chi connectivity index (χ0v) is 18.1. The third kappa shape index (κ3) is 4.99. The summed E-state index contributed by atoms with van der Waals surface area (Å²) in [5.41, 5.74) is 3.33. The van der Waals surface area contributed by atoms with Gasteiger partial charge >= 0.3 is 0 Å². The average molecular weight is 455 g/mol. The number of para-hydroxylation sites is 1. The molecule has 0 unspecified atom stereocenters. The molecule has 0 radical (unpaired) electrons. The molecule has 0 bridgehead atoms. The Morgan fingerprint density at radius 3 is 2.58 bits per heavy atom. The minimum Gasteiger partial charge on any atom is -0.488 e. The number of nitrogens with zero attached hydrogens (tertiary/aromatic N) is 5. The Kier molecular flexibility index (Phi) is 5.94. The van der Waals surface area contributed by atoms with Gasteiger partial charge in [0.15, 0.2) is 5.17 Å². The third-order valence-corrected chi connectivity index (χ3v) is 5.68. The highest BCUT2D eigenvalue weighted by Crippen LogP contribution is 2.32. The van der Waals surface area contributed by atoms with Gasteiger partial charge in [-0.1, -0.05) is 48.5 Å². The highest BCUT2D eigenvalue weighted by atomic mass is 32.2. The fourth-order valence-electron chi connectivity index (χ4n) is 3.17. The van der Waals surface area contributed by atoms with Crippen LogP contribution in [0.1, 0.15) is 11.1 Å². The van der Waals surface area contributed by atoms with Gasteiger partial charge in [-0.05, 0) is 58.1 Å². The van der Waals surface area contributed by atoms with Gasteiger partial charge in [0, 0.05) is 11.6 Å². The van der Waals surface area contributed by atoms with Crippen LogP contribution in [0.2, 0.25) is 0 Å². The van der Waals surface area contributed by atoms with E-state index in [9.17, 15) is 4.79 Å². The topological polar surface area (TPSA) is 94.3 Å². The summed E-state index contributed by atoms with van der Waals surface area (Å²) in [6.07, 6.45) is 3.32. The van der Waals surface area contributed by atoms with Gasteiger partial charge in [0.2, 0.25) is 0 Å². The minimum absolute atomic E-state index is 0.201. The summed E-state index contributed by atoms with van der Waals surface area (Å²) in [7, 11) is 0. The molecule has 4 aromatic rings. The van der Waals surface area contributed by atoms with Crippen molar-refractivity contribution in [1.82, 2.24) is 25.5 Å². The van der Waals surface area contributed by atoms with Gasteiger partial charge in [-0.3, -0.25) is 4.79 Å². The second-order valence-corrected chi connectivity index (χ2v) is 8.10. The molecule has 1 fully saturated rings. The Morgan fingerprint density at radius 1 is 1.03 bits per heavy atom. The second kappa shape index (κ2) is 9.49. The number of ether oxygens (including phenoxy) is 1. The van der Waals surface area contributed by atoms with Gasteiger partial charge in [0.25, 0.3) is 5.91 Å². The number of carbonyl (C=O) groups excluding carboxylic acids is 1. The number of thioether (sulfide) groups is 1. The zero-order valence-electron chi connectivity index (χ0n) is 17.3. The quantitative estimate of drug-likeness (QED) is 0.440. The Hall–Kier alpha value is -4.24. The van der Waals surface area contributed by atoms with Crippen LogP contribution in [0.3, 0.4) is 0 Å². The van der Waals surface area contributed by atoms with Crippen LogP contribution in [0.25, 0.3) is 11.8 Å². The number of benzene rings is 3. The number of hydrogen-bond donors (Lipinski definition) is 1. The Labute approximate surface area is 194 Å². The zero-order chi connectivity index (χ0) is 22.5. The number of aromatic nitrogens is 4. The summed E-state index contributed by atoms with van der Waals surface area (Å²) in [6, 6.07) is 25.0. The lowest BCUT2D eigenvalue weighted by atomic mass is 10.1. The van der Waals surface area contributed by atoms with Crippen LogP contribution in [0.5, 0.6) is 5.75 Å². The van der Waals surface area contributed by atoms with Gasteiger partial charge in [-0.25, -0.2) is 9.67 Å². The van der Waals surface area contributed by atoms with Crippen molar-refractivity contribution in [3.8, 4) is 11.4 Å². The third-order valence-electron chi connectivity index (χ3n) is 4.77. The van der Waals surface area contributed by atoms with E-state index in [0.717, 1.165) is 22.5 Å². The molecule has 1 aromatic heterocycles. The molecule has 0 aliphatic carbocycles. The average Bonchev–Trinajstić information content (AvgIpc) is 3.50. The number of hydrogen-bond acceptors (Lipinski definition) is 7. The SMILES string of the molecule is O=C1NC(=Nc2ccccc2)S/C1=C/c1ccc(-n2cnnn2)cc1OCc1ccccc1. The predicted octanol–water partition coefficient (Wildman–Crippen LogP) is 4.13. The summed E-state index contributed by atoms with van der Waals surface area (Å²) in [6.45, 7) is 0.385. The number of tetrazole rings is 1. The van der Waals surface area contributed by atoms with Gasteiger partial charge in [0.1, 0.15) is 18.7 Å². The van der Waals surface area contributed by atoms with Crippen molar-refractivity contribution in [1.29, 1.82) is 0 Å². The van der Waals surface area contributed by atoms with Crippen LogP contribution in [-0.2, 0) is 11.4 Å². The molecule has 1 saturated heterocycles. The van der Waals surface area contributed by atoms with Crippen molar-refractivity contribution in [2.75, 3.05) is 0 Å². The van der Waals surface area contributed by atoms with Gasteiger partial charge in [-0.2, -0.15) is 0 Å². The van der Waals surface area contributed by atoms with E-state index >= 15 is 0 Å². The molecule has 162 valence electrons. The van der Waals surface area contributed by atoms with Crippen molar-refractivity contribution in [2.24, 2.45) is 4.99 Å². The lowest BCUT2D eigenvalue weighted by molar-refractivity contribution is -0.115. The number of amides is 1. The molecule has 5 rings (SSSR count). The van der Waals surface area contributed by atoms with Gasteiger partial charge in [-0.15, -0.1) is 5.10 Å². The van der Waals surface area contributed by atoms with Crippen molar-refractivity contribution >= 4 is 34.6 Å². The Bertz CT molecular complexity index is 1320. The van der Waals surface area contributed by atoms with Crippen molar-refractivity contribution in [3.63, 3.8) is 0 Å². The maximum absolute atomic E-state index is 12.6. The van der Waals surface area contributed by atoms with E-state index in [1.807, 2.05) is 78.9 Å².